The minimum Gasteiger partial charge on any atom is -0.443 e. The van der Waals surface area contributed by atoms with Crippen LogP contribution in [-0.2, 0) is 9.57 Å². The number of rotatable bonds is 4. The zero-order valence-electron chi connectivity index (χ0n) is 16.0. The fourth-order valence-electron chi connectivity index (χ4n) is 3.26. The Morgan fingerprint density at radius 1 is 1.33 bits per heavy atom. The van der Waals surface area contributed by atoms with Gasteiger partial charge in [-0.3, -0.25) is 15.1 Å². The number of nitrogens with zero attached hydrogens (tertiary/aromatic N) is 4. The molecule has 3 N–H and O–H groups in total. The van der Waals surface area contributed by atoms with Gasteiger partial charge >= 0.3 is 18.1 Å². The zero-order chi connectivity index (χ0) is 21.1. The van der Waals surface area contributed by atoms with E-state index < -0.39 is 24.0 Å². The number of hydrogen-bond acceptors (Lipinski definition) is 8. The van der Waals surface area contributed by atoms with E-state index in [1.165, 1.54) is 23.4 Å². The SMILES string of the molecule is NC[C@H]1CN(c2ccc(N3CCON(C(=O)Nc4ncco4)CC3)c(F)c2)C(=O)O1. The number of cyclic esters (lactones) is 1. The van der Waals surface area contributed by atoms with Crippen LogP contribution in [0.15, 0.2) is 35.1 Å². The second-order valence-electron chi connectivity index (χ2n) is 6.68. The van der Waals surface area contributed by atoms with Crippen molar-refractivity contribution < 1.29 is 28.0 Å². The van der Waals surface area contributed by atoms with E-state index >= 15 is 0 Å². The fraction of sp³-hybridized carbons (Fsp3) is 0.389. The lowest BCUT2D eigenvalue weighted by Gasteiger charge is -2.23. The van der Waals surface area contributed by atoms with E-state index in [0.29, 0.717) is 24.5 Å². The first-order valence-electron chi connectivity index (χ1n) is 9.39. The monoisotopic (exact) mass is 420 g/mol. The first-order chi connectivity index (χ1) is 14.5. The number of urea groups is 1. The van der Waals surface area contributed by atoms with Crippen LogP contribution in [0.25, 0.3) is 0 Å². The molecule has 0 saturated carbocycles. The van der Waals surface area contributed by atoms with Crippen molar-refractivity contribution in [2.45, 2.75) is 6.10 Å². The van der Waals surface area contributed by atoms with Crippen molar-refractivity contribution in [2.24, 2.45) is 5.73 Å². The molecular weight excluding hydrogens is 399 g/mol. The Morgan fingerprint density at radius 2 is 2.20 bits per heavy atom. The Hall–Kier alpha value is -3.38. The molecule has 1 aromatic heterocycles. The molecule has 0 unspecified atom stereocenters. The minimum absolute atomic E-state index is 0.0589. The molecule has 2 saturated heterocycles. The van der Waals surface area contributed by atoms with Gasteiger partial charge < -0.3 is 19.8 Å². The lowest BCUT2D eigenvalue weighted by atomic mass is 10.2. The second-order valence-corrected chi connectivity index (χ2v) is 6.68. The van der Waals surface area contributed by atoms with Crippen LogP contribution in [0.2, 0.25) is 0 Å². The first kappa shape index (κ1) is 19.9. The third-order valence-electron chi connectivity index (χ3n) is 4.77. The predicted octanol–water partition coefficient (Wildman–Crippen LogP) is 1.38. The molecule has 0 spiro atoms. The molecule has 3 heterocycles. The van der Waals surface area contributed by atoms with Crippen molar-refractivity contribution in [2.75, 3.05) is 54.4 Å². The van der Waals surface area contributed by atoms with Gasteiger partial charge in [-0.05, 0) is 18.2 Å². The normalized spacial score (nSPS) is 19.6. The maximum atomic E-state index is 14.8. The molecule has 2 aromatic rings. The summed E-state index contributed by atoms with van der Waals surface area (Å²) in [5.74, 6) is -0.491. The summed E-state index contributed by atoms with van der Waals surface area (Å²) in [7, 11) is 0. The van der Waals surface area contributed by atoms with Crippen molar-refractivity contribution in [3.05, 3.63) is 36.5 Å². The number of carbonyl (C=O) groups is 2. The predicted molar refractivity (Wildman–Crippen MR) is 103 cm³/mol. The number of halogens is 1. The van der Waals surface area contributed by atoms with Gasteiger partial charge in [-0.25, -0.2) is 24.0 Å². The third-order valence-corrected chi connectivity index (χ3v) is 4.77. The quantitative estimate of drug-likeness (QED) is 0.760. The molecule has 2 aliphatic heterocycles. The molecule has 0 radical (unpaired) electrons. The molecule has 4 rings (SSSR count). The van der Waals surface area contributed by atoms with Crippen LogP contribution in [0, 0.1) is 5.82 Å². The highest BCUT2D eigenvalue weighted by Crippen LogP contribution is 2.28. The Kier molecular flexibility index (Phi) is 5.68. The number of ether oxygens (including phenoxy) is 1. The summed E-state index contributed by atoms with van der Waals surface area (Å²) in [5.41, 5.74) is 6.28. The van der Waals surface area contributed by atoms with Crippen molar-refractivity contribution in [3.63, 3.8) is 0 Å². The average Bonchev–Trinajstić information content (AvgIpc) is 3.30. The van der Waals surface area contributed by atoms with Gasteiger partial charge in [0.05, 0.1) is 37.3 Å². The van der Waals surface area contributed by atoms with Crippen LogP contribution < -0.4 is 20.9 Å². The highest BCUT2D eigenvalue weighted by atomic mass is 19.1. The van der Waals surface area contributed by atoms with E-state index in [9.17, 15) is 14.0 Å². The average molecular weight is 420 g/mol. The van der Waals surface area contributed by atoms with Gasteiger partial charge in [-0.15, -0.1) is 0 Å². The van der Waals surface area contributed by atoms with Crippen LogP contribution in [0.5, 0.6) is 0 Å². The van der Waals surface area contributed by atoms with Gasteiger partial charge in [0.2, 0.25) is 0 Å². The number of benzene rings is 1. The maximum Gasteiger partial charge on any atom is 0.414 e. The summed E-state index contributed by atoms with van der Waals surface area (Å²) in [6.45, 7) is 1.58. The van der Waals surface area contributed by atoms with Gasteiger partial charge in [-0.2, -0.15) is 0 Å². The second kappa shape index (κ2) is 8.55. The molecule has 12 heteroatoms. The Morgan fingerprint density at radius 3 is 2.90 bits per heavy atom. The molecule has 2 aliphatic rings. The van der Waals surface area contributed by atoms with Gasteiger partial charge in [0.1, 0.15) is 18.2 Å². The van der Waals surface area contributed by atoms with Crippen LogP contribution in [0.1, 0.15) is 0 Å². The maximum absolute atomic E-state index is 14.8. The van der Waals surface area contributed by atoms with Crippen LogP contribution >= 0.6 is 0 Å². The molecule has 1 atom stereocenters. The Balaban J connectivity index is 1.40. The molecule has 3 amide bonds. The van der Waals surface area contributed by atoms with E-state index in [1.807, 2.05) is 0 Å². The number of nitrogens with one attached hydrogen (secondary N) is 1. The summed E-state index contributed by atoms with van der Waals surface area (Å²) in [6, 6.07) is 4.06. The molecule has 30 heavy (non-hydrogen) atoms. The summed E-state index contributed by atoms with van der Waals surface area (Å²) >= 11 is 0. The number of nitrogens with two attached hydrogens (primary N) is 1. The number of hydroxylamine groups is 2. The number of oxazole rings is 1. The van der Waals surface area contributed by atoms with Crippen molar-refractivity contribution in [1.82, 2.24) is 10.0 Å². The van der Waals surface area contributed by atoms with Crippen LogP contribution in [-0.4, -0.2) is 67.6 Å². The molecule has 160 valence electrons. The molecule has 2 fully saturated rings. The molecular formula is C18H21FN6O5. The minimum atomic E-state index is -0.548. The van der Waals surface area contributed by atoms with Crippen molar-refractivity contribution >= 4 is 29.5 Å². The number of hydrogen-bond donors (Lipinski definition) is 2. The number of carbonyl (C=O) groups excluding carboxylic acids is 2. The molecule has 1 aromatic carbocycles. The van der Waals surface area contributed by atoms with E-state index in [1.54, 1.807) is 17.0 Å². The van der Waals surface area contributed by atoms with Crippen LogP contribution in [0.3, 0.4) is 0 Å². The lowest BCUT2D eigenvalue weighted by molar-refractivity contribution is -0.100. The topological polar surface area (TPSA) is 126 Å². The van der Waals surface area contributed by atoms with Gasteiger partial charge in [-0.1, -0.05) is 0 Å². The number of amides is 3. The molecule has 11 nitrogen and oxygen atoms in total. The largest absolute Gasteiger partial charge is 0.443 e. The lowest BCUT2D eigenvalue weighted by Crippen LogP contribution is -2.37. The smallest absolute Gasteiger partial charge is 0.414 e. The van der Waals surface area contributed by atoms with Crippen LogP contribution in [0.4, 0.5) is 31.4 Å². The van der Waals surface area contributed by atoms with E-state index in [4.69, 9.17) is 19.7 Å². The molecule has 0 bridgehead atoms. The summed E-state index contributed by atoms with van der Waals surface area (Å²) in [5, 5.41) is 3.61. The standard InChI is InChI=1S/C18H21FN6O5/c19-14-9-12(24-11-13(10-20)30-18(24)27)1-2-15(14)23-4-5-25(29-8-6-23)17(26)22-16-21-3-7-28-16/h1-3,7,9,13H,4-6,8,10-11,20H2,(H,21,22,26)/t13-/m0/s1. The zero-order valence-corrected chi connectivity index (χ0v) is 16.0. The van der Waals surface area contributed by atoms with Gasteiger partial charge in [0.15, 0.2) is 0 Å². The highest BCUT2D eigenvalue weighted by molar-refractivity contribution is 5.90. The molecule has 0 aliphatic carbocycles. The fourth-order valence-corrected chi connectivity index (χ4v) is 3.26. The van der Waals surface area contributed by atoms with Crippen molar-refractivity contribution in [1.29, 1.82) is 0 Å². The van der Waals surface area contributed by atoms with Gasteiger partial charge in [0, 0.05) is 19.6 Å². The number of aromatic nitrogens is 1. The first-order valence-corrected chi connectivity index (χ1v) is 9.39. The summed E-state index contributed by atoms with van der Waals surface area (Å²) in [4.78, 5) is 36.6. The number of anilines is 3. The third kappa shape index (κ3) is 4.14. The Labute approximate surface area is 171 Å². The Bertz CT molecular complexity index is 910. The van der Waals surface area contributed by atoms with Gasteiger partial charge in [0.25, 0.3) is 0 Å². The van der Waals surface area contributed by atoms with E-state index in [-0.39, 0.29) is 32.3 Å². The van der Waals surface area contributed by atoms with E-state index in [2.05, 4.69) is 10.3 Å². The highest BCUT2D eigenvalue weighted by Gasteiger charge is 2.32. The van der Waals surface area contributed by atoms with E-state index in [0.717, 1.165) is 5.06 Å². The summed E-state index contributed by atoms with van der Waals surface area (Å²) < 4.78 is 24.9. The van der Waals surface area contributed by atoms with Crippen molar-refractivity contribution in [3.8, 4) is 0 Å². The summed E-state index contributed by atoms with van der Waals surface area (Å²) in [6.07, 6.45) is 1.79.